The Morgan fingerprint density at radius 1 is 1.00 bits per heavy atom. The zero-order chi connectivity index (χ0) is 18.3. The normalized spacial score (nSPS) is 18.0. The molecule has 1 fully saturated rings. The topological polar surface area (TPSA) is 47.5 Å². The van der Waals surface area contributed by atoms with Crippen molar-refractivity contribution < 1.29 is 9.47 Å². The predicted molar refractivity (Wildman–Crippen MR) is 104 cm³/mol. The summed E-state index contributed by atoms with van der Waals surface area (Å²) < 4.78 is 11.6. The molecular formula is C22H23N3O2. The van der Waals surface area contributed by atoms with Crippen LogP contribution in [0.1, 0.15) is 5.56 Å². The van der Waals surface area contributed by atoms with Gasteiger partial charge in [-0.25, -0.2) is 4.98 Å². The second-order valence-electron chi connectivity index (χ2n) is 6.66. The van der Waals surface area contributed by atoms with Gasteiger partial charge in [0.2, 0.25) is 5.88 Å². The van der Waals surface area contributed by atoms with Crippen LogP contribution < -0.4 is 4.74 Å². The quantitative estimate of drug-likeness (QED) is 0.697. The highest BCUT2D eigenvalue weighted by Gasteiger charge is 2.20. The number of rotatable bonds is 5. The van der Waals surface area contributed by atoms with Gasteiger partial charge in [-0.2, -0.15) is 0 Å². The zero-order valence-corrected chi connectivity index (χ0v) is 15.2. The monoisotopic (exact) mass is 361 g/mol. The Bertz CT molecular complexity index is 825. The van der Waals surface area contributed by atoms with Crippen LogP contribution in [-0.2, 0) is 11.3 Å². The summed E-state index contributed by atoms with van der Waals surface area (Å²) in [6, 6.07) is 19.2. The maximum atomic E-state index is 5.94. The maximum Gasteiger partial charge on any atom is 0.232 e. The van der Waals surface area contributed by atoms with Gasteiger partial charge in [-0.3, -0.25) is 9.88 Å². The molecule has 0 unspecified atom stereocenters. The number of ether oxygens (including phenoxy) is 2. The first-order chi connectivity index (χ1) is 13.4. The lowest BCUT2D eigenvalue weighted by Gasteiger charge is -2.23. The van der Waals surface area contributed by atoms with Crippen molar-refractivity contribution in [2.75, 3.05) is 26.3 Å². The van der Waals surface area contributed by atoms with E-state index in [0.29, 0.717) is 19.1 Å². The van der Waals surface area contributed by atoms with Gasteiger partial charge in [-0.15, -0.1) is 0 Å². The smallest absolute Gasteiger partial charge is 0.232 e. The summed E-state index contributed by atoms with van der Waals surface area (Å²) in [6.07, 6.45) is 4.87. The molecule has 0 aliphatic carbocycles. The number of aromatic nitrogens is 2. The third-order valence-electron chi connectivity index (χ3n) is 4.61. The summed E-state index contributed by atoms with van der Waals surface area (Å²) in [4.78, 5) is 10.6. The summed E-state index contributed by atoms with van der Waals surface area (Å²) in [7, 11) is 0. The fourth-order valence-corrected chi connectivity index (χ4v) is 3.26. The van der Waals surface area contributed by atoms with E-state index in [1.165, 1.54) is 16.7 Å². The van der Waals surface area contributed by atoms with Gasteiger partial charge in [0.25, 0.3) is 0 Å². The van der Waals surface area contributed by atoms with Crippen molar-refractivity contribution in [1.29, 1.82) is 0 Å². The van der Waals surface area contributed by atoms with Gasteiger partial charge in [-0.05, 0) is 16.7 Å². The summed E-state index contributed by atoms with van der Waals surface area (Å²) in [6.45, 7) is 3.85. The van der Waals surface area contributed by atoms with E-state index in [0.717, 1.165) is 19.6 Å². The molecule has 4 rings (SSSR count). The van der Waals surface area contributed by atoms with E-state index in [9.17, 15) is 0 Å². The third kappa shape index (κ3) is 4.90. The first kappa shape index (κ1) is 17.6. The molecule has 2 aromatic carbocycles. The molecule has 27 heavy (non-hydrogen) atoms. The highest BCUT2D eigenvalue weighted by atomic mass is 16.5. The molecule has 0 amide bonds. The van der Waals surface area contributed by atoms with E-state index >= 15 is 0 Å². The third-order valence-corrected chi connectivity index (χ3v) is 4.61. The Morgan fingerprint density at radius 2 is 1.81 bits per heavy atom. The molecule has 5 heteroatoms. The van der Waals surface area contributed by atoms with E-state index in [1.54, 1.807) is 18.6 Å². The van der Waals surface area contributed by atoms with Gasteiger partial charge in [0.15, 0.2) is 0 Å². The Hall–Kier alpha value is -2.76. The maximum absolute atomic E-state index is 5.94. The molecule has 1 atom stereocenters. The molecule has 1 saturated heterocycles. The molecule has 0 saturated carbocycles. The van der Waals surface area contributed by atoms with Crippen molar-refractivity contribution in [3.63, 3.8) is 0 Å². The van der Waals surface area contributed by atoms with Crippen LogP contribution in [0.15, 0.2) is 73.2 Å². The van der Waals surface area contributed by atoms with E-state index in [1.807, 2.05) is 6.07 Å². The second-order valence-corrected chi connectivity index (χ2v) is 6.66. The molecule has 1 aromatic heterocycles. The second kappa shape index (κ2) is 8.75. The molecule has 3 aromatic rings. The van der Waals surface area contributed by atoms with Gasteiger partial charge in [0, 0.05) is 32.0 Å². The number of benzene rings is 2. The van der Waals surface area contributed by atoms with Crippen molar-refractivity contribution in [2.45, 2.75) is 12.6 Å². The molecule has 1 aliphatic rings. The molecule has 0 spiro atoms. The Kier molecular flexibility index (Phi) is 5.72. The van der Waals surface area contributed by atoms with Crippen molar-refractivity contribution in [2.24, 2.45) is 0 Å². The van der Waals surface area contributed by atoms with Gasteiger partial charge < -0.3 is 9.47 Å². The minimum absolute atomic E-state index is 0.0483. The molecule has 0 radical (unpaired) electrons. The van der Waals surface area contributed by atoms with E-state index in [-0.39, 0.29) is 6.10 Å². The fraction of sp³-hybridized carbons (Fsp3) is 0.273. The Labute approximate surface area is 159 Å². The highest BCUT2D eigenvalue weighted by Crippen LogP contribution is 2.20. The highest BCUT2D eigenvalue weighted by molar-refractivity contribution is 5.63. The van der Waals surface area contributed by atoms with Crippen LogP contribution in [0.5, 0.6) is 5.88 Å². The summed E-state index contributed by atoms with van der Waals surface area (Å²) >= 11 is 0. The van der Waals surface area contributed by atoms with E-state index < -0.39 is 0 Å². The zero-order valence-electron chi connectivity index (χ0n) is 15.2. The summed E-state index contributed by atoms with van der Waals surface area (Å²) in [5.41, 5.74) is 3.77. The average molecular weight is 361 g/mol. The molecule has 0 N–H and O–H groups in total. The van der Waals surface area contributed by atoms with Crippen LogP contribution >= 0.6 is 0 Å². The van der Waals surface area contributed by atoms with Crippen LogP contribution in [0.25, 0.3) is 11.1 Å². The molecule has 1 aliphatic heterocycles. The number of hydrogen-bond donors (Lipinski definition) is 0. The first-order valence-electron chi connectivity index (χ1n) is 9.24. The largest absolute Gasteiger partial charge is 0.469 e. The lowest BCUT2D eigenvalue weighted by atomic mass is 10.0. The van der Waals surface area contributed by atoms with Crippen LogP contribution in [0.4, 0.5) is 0 Å². The molecular weight excluding hydrogens is 338 g/mol. The van der Waals surface area contributed by atoms with Crippen molar-refractivity contribution in [3.05, 3.63) is 78.8 Å². The van der Waals surface area contributed by atoms with Gasteiger partial charge in [0.05, 0.1) is 19.4 Å². The van der Waals surface area contributed by atoms with Crippen molar-refractivity contribution in [1.82, 2.24) is 14.9 Å². The minimum atomic E-state index is -0.0483. The Balaban J connectivity index is 1.39. The fourth-order valence-electron chi connectivity index (χ4n) is 3.26. The minimum Gasteiger partial charge on any atom is -0.469 e. The Morgan fingerprint density at radius 3 is 2.59 bits per heavy atom. The van der Waals surface area contributed by atoms with Crippen molar-refractivity contribution in [3.8, 4) is 17.0 Å². The standard InChI is InChI=1S/C22H23N3O2/c1-2-4-19(5-3-1)20-8-6-18(7-9-20)15-25-12-13-26-17-21(16-25)27-22-14-23-10-11-24-22/h1-11,14,21H,12-13,15-17H2/t21-/m1/s1. The molecule has 0 bridgehead atoms. The van der Waals surface area contributed by atoms with Gasteiger partial charge >= 0.3 is 0 Å². The first-order valence-corrected chi connectivity index (χ1v) is 9.24. The van der Waals surface area contributed by atoms with Crippen molar-refractivity contribution >= 4 is 0 Å². The van der Waals surface area contributed by atoms with Crippen LogP contribution in [-0.4, -0.2) is 47.3 Å². The lowest BCUT2D eigenvalue weighted by molar-refractivity contribution is 0.0681. The number of hydrogen-bond acceptors (Lipinski definition) is 5. The predicted octanol–water partition coefficient (Wildman–Crippen LogP) is 3.42. The summed E-state index contributed by atoms with van der Waals surface area (Å²) in [5, 5.41) is 0. The average Bonchev–Trinajstić information content (AvgIpc) is 2.95. The SMILES string of the molecule is c1ccc(-c2ccc(CN3CCOC[C@H](Oc4cnccn4)C3)cc2)cc1. The van der Waals surface area contributed by atoms with Crippen LogP contribution in [0, 0.1) is 0 Å². The molecule has 5 nitrogen and oxygen atoms in total. The van der Waals surface area contributed by atoms with E-state index in [2.05, 4.69) is 63.4 Å². The van der Waals surface area contributed by atoms with Gasteiger partial charge in [0.1, 0.15) is 6.10 Å². The van der Waals surface area contributed by atoms with Crippen LogP contribution in [0.2, 0.25) is 0 Å². The summed E-state index contributed by atoms with van der Waals surface area (Å²) in [5.74, 6) is 0.542. The van der Waals surface area contributed by atoms with Crippen LogP contribution in [0.3, 0.4) is 0 Å². The lowest BCUT2D eigenvalue weighted by Crippen LogP contribution is -2.35. The van der Waals surface area contributed by atoms with Gasteiger partial charge in [-0.1, -0.05) is 54.6 Å². The number of nitrogens with zero attached hydrogens (tertiary/aromatic N) is 3. The molecule has 2 heterocycles. The molecule has 138 valence electrons. The van der Waals surface area contributed by atoms with E-state index in [4.69, 9.17) is 9.47 Å².